The Labute approximate surface area is 358 Å². The van der Waals surface area contributed by atoms with Gasteiger partial charge in [-0.3, -0.25) is 19.0 Å². The summed E-state index contributed by atoms with van der Waals surface area (Å²) in [5, 5.41) is 13.8. The summed E-state index contributed by atoms with van der Waals surface area (Å²) < 4.78 is 3.02. The van der Waals surface area contributed by atoms with E-state index < -0.39 is 0 Å². The number of nitrogens with two attached hydrogens (primary N) is 2. The molecule has 0 aliphatic heterocycles. The quantitative estimate of drug-likeness (QED) is 0.0453. The van der Waals surface area contributed by atoms with Gasteiger partial charge in [-0.15, -0.1) is 0 Å². The van der Waals surface area contributed by atoms with E-state index in [1.807, 2.05) is 104 Å². The number of halogens is 1. The Balaban J connectivity index is -0.000000155. The molecule has 2 amide bonds. The third kappa shape index (κ3) is 21.7. The lowest BCUT2D eigenvalue weighted by Crippen LogP contribution is -2.09. The first-order chi connectivity index (χ1) is 25.2. The fraction of sp³-hybridized carbons (Fsp3) is 0.282. The lowest BCUT2D eigenvalue weighted by molar-refractivity contribution is -0.115. The zero-order chi connectivity index (χ0) is 40.1. The SMILES string of the molecule is C.C.CC.CCc1ccccc1.CI.NP.NP.[B].[B].[C-]#[N+]c1c(-c2ccccc2)nn(C)c1NC(C)=O.[C-]#[N+]c1c(-c2ccccc2)nn(C)c1NC(C)=O. The van der Waals surface area contributed by atoms with Gasteiger partial charge in [-0.25, -0.2) is 9.69 Å². The van der Waals surface area contributed by atoms with Crippen molar-refractivity contribution in [2.45, 2.75) is 55.9 Å². The summed E-state index contributed by atoms with van der Waals surface area (Å²) in [6, 6.07) is 29.3. The number of carbonyl (C=O) groups is 2. The molecule has 0 bridgehead atoms. The van der Waals surface area contributed by atoms with Gasteiger partial charge in [0.2, 0.25) is 11.8 Å². The van der Waals surface area contributed by atoms with Crippen LogP contribution in [-0.2, 0) is 30.1 Å². The Morgan fingerprint density at radius 2 is 0.929 bits per heavy atom. The molecule has 0 spiro atoms. The molecule has 6 N–H and O–H groups in total. The van der Waals surface area contributed by atoms with Crippen molar-refractivity contribution in [1.29, 1.82) is 0 Å². The molecule has 56 heavy (non-hydrogen) atoms. The minimum Gasteiger partial charge on any atom is -0.320 e. The van der Waals surface area contributed by atoms with Crippen molar-refractivity contribution < 1.29 is 9.59 Å². The molecule has 3 aromatic carbocycles. The van der Waals surface area contributed by atoms with Crippen LogP contribution in [0.4, 0.5) is 23.0 Å². The van der Waals surface area contributed by atoms with Crippen LogP contribution in [0.5, 0.6) is 0 Å². The minimum atomic E-state index is -0.220. The molecule has 5 rings (SSSR count). The number of aromatic nitrogens is 4. The van der Waals surface area contributed by atoms with Crippen molar-refractivity contribution in [1.82, 2.24) is 19.6 Å². The van der Waals surface area contributed by atoms with Gasteiger partial charge in [-0.1, -0.05) is 168 Å². The van der Waals surface area contributed by atoms with Gasteiger partial charge < -0.3 is 21.6 Å². The molecule has 2 heterocycles. The molecule has 5 aromatic rings. The molecule has 2 aromatic heterocycles. The van der Waals surface area contributed by atoms with Gasteiger partial charge in [0.1, 0.15) is 23.0 Å². The highest BCUT2D eigenvalue weighted by Crippen LogP contribution is 2.37. The Bertz CT molecular complexity index is 1700. The van der Waals surface area contributed by atoms with Crippen molar-refractivity contribution in [3.63, 3.8) is 0 Å². The highest BCUT2D eigenvalue weighted by Gasteiger charge is 2.19. The number of anilines is 2. The summed E-state index contributed by atoms with van der Waals surface area (Å²) in [4.78, 5) is 31.2. The molecule has 0 saturated heterocycles. The van der Waals surface area contributed by atoms with Gasteiger partial charge in [0, 0.05) is 44.8 Å². The average Bonchev–Trinajstić information content (AvgIpc) is 3.69. The van der Waals surface area contributed by atoms with Crippen LogP contribution in [-0.4, -0.2) is 53.1 Å². The molecule has 0 aliphatic rings. The molecule has 300 valence electrons. The van der Waals surface area contributed by atoms with Gasteiger partial charge in [0.15, 0.2) is 0 Å². The molecule has 2 unspecified atom stereocenters. The predicted molar refractivity (Wildman–Crippen MR) is 258 cm³/mol. The van der Waals surface area contributed by atoms with Gasteiger partial charge in [-0.2, -0.15) is 10.2 Å². The Hall–Kier alpha value is -4.36. The Morgan fingerprint density at radius 3 is 1.14 bits per heavy atom. The van der Waals surface area contributed by atoms with Crippen LogP contribution < -0.4 is 21.6 Å². The lowest BCUT2D eigenvalue weighted by atomic mass is 10.1. The van der Waals surface area contributed by atoms with Crippen molar-refractivity contribution in [2.24, 2.45) is 25.1 Å². The Morgan fingerprint density at radius 1 is 0.661 bits per heavy atom. The maximum atomic E-state index is 11.1. The van der Waals surface area contributed by atoms with E-state index in [0.29, 0.717) is 34.4 Å². The maximum Gasteiger partial charge on any atom is 0.255 e. The first kappa shape index (κ1) is 63.6. The summed E-state index contributed by atoms with van der Waals surface area (Å²) >= 11 is 2.15. The zero-order valence-electron chi connectivity index (χ0n) is 32.2. The fourth-order valence-electron chi connectivity index (χ4n) is 4.15. The lowest BCUT2D eigenvalue weighted by Gasteiger charge is -2.02. The van der Waals surface area contributed by atoms with Gasteiger partial charge in [0.05, 0.1) is 13.1 Å². The zero-order valence-corrected chi connectivity index (χ0v) is 36.7. The number of aryl methyl sites for hydroxylation is 3. The molecule has 0 aliphatic carbocycles. The highest BCUT2D eigenvalue weighted by molar-refractivity contribution is 14.1. The number of hydrogen-bond donors (Lipinski definition) is 4. The van der Waals surface area contributed by atoms with Crippen LogP contribution in [0.15, 0.2) is 91.0 Å². The van der Waals surface area contributed by atoms with E-state index >= 15 is 0 Å². The van der Waals surface area contributed by atoms with Crippen LogP contribution in [0.2, 0.25) is 0 Å². The maximum absolute atomic E-state index is 11.1. The van der Waals surface area contributed by atoms with E-state index in [4.69, 9.17) is 13.1 Å². The summed E-state index contributed by atoms with van der Waals surface area (Å²) in [5.74, 6) is 0.415. The van der Waals surface area contributed by atoms with Crippen molar-refractivity contribution in [3.05, 3.63) is 119 Å². The van der Waals surface area contributed by atoms with E-state index in [9.17, 15) is 9.59 Å². The third-order valence-corrected chi connectivity index (χ3v) is 6.20. The second-order valence-corrected chi connectivity index (χ2v) is 9.50. The van der Waals surface area contributed by atoms with E-state index in [1.54, 1.807) is 14.1 Å². The molecular formula is C39H59B2IN10O2P2. The molecule has 0 saturated carbocycles. The van der Waals surface area contributed by atoms with Gasteiger partial charge in [-0.05, 0) is 28.0 Å². The topological polar surface area (TPSA) is 155 Å². The third-order valence-electron chi connectivity index (χ3n) is 6.20. The normalized spacial score (nSPS) is 8.05. The van der Waals surface area contributed by atoms with E-state index in [-0.39, 0.29) is 43.5 Å². The van der Waals surface area contributed by atoms with Crippen LogP contribution in [0.1, 0.15) is 55.0 Å². The smallest absolute Gasteiger partial charge is 0.255 e. The van der Waals surface area contributed by atoms with E-state index in [0.717, 1.165) is 17.5 Å². The fourth-order valence-corrected chi connectivity index (χ4v) is 4.15. The number of hydrogen-bond acceptors (Lipinski definition) is 6. The molecule has 6 radical (unpaired) electrons. The summed E-state index contributed by atoms with van der Waals surface area (Å²) in [5.41, 5.74) is 13.8. The molecule has 0 fully saturated rings. The number of alkyl halides is 1. The predicted octanol–water partition coefficient (Wildman–Crippen LogP) is 9.50. The first-order valence-electron chi connectivity index (χ1n) is 15.8. The number of benzene rings is 3. The van der Waals surface area contributed by atoms with Crippen molar-refractivity contribution in [2.75, 3.05) is 15.6 Å². The number of carbonyl (C=O) groups excluding carboxylic acids is 2. The number of rotatable bonds is 5. The van der Waals surface area contributed by atoms with Crippen LogP contribution >= 0.6 is 41.4 Å². The van der Waals surface area contributed by atoms with Crippen LogP contribution in [0.3, 0.4) is 0 Å². The monoisotopic (exact) mass is 910 g/mol. The van der Waals surface area contributed by atoms with Crippen molar-refractivity contribution >= 4 is 93.0 Å². The van der Waals surface area contributed by atoms with E-state index in [2.05, 4.69) is 95.3 Å². The second-order valence-electron chi connectivity index (χ2n) is 9.50. The largest absolute Gasteiger partial charge is 0.320 e. The van der Waals surface area contributed by atoms with Crippen molar-refractivity contribution in [3.8, 4) is 22.5 Å². The number of amides is 2. The molecule has 2 atom stereocenters. The van der Waals surface area contributed by atoms with Gasteiger partial charge in [0.25, 0.3) is 11.4 Å². The summed E-state index contributed by atoms with van der Waals surface area (Å²) in [6.07, 6.45) is 1.14. The Kier molecular flexibility index (Phi) is 44.2. The summed E-state index contributed by atoms with van der Waals surface area (Å²) in [7, 11) is 7.23. The standard InChI is InChI=1S/2C13H12N4O.C8H10.C2H6.CH3I.2CH4.2B.2H4NP/c2*1-9(18)15-13-12(14-2)11(16-17(13)3)10-7-5-4-6-8-10;1-2-8-6-4-3-5-7-8;2*1-2;;;;;2*1-2/h2*4-8H,1,3H3,(H,15,18);3-7H,2H2,1H3;1-2H3;1H3;2*1H4;;;2*1-2H2. The number of nitrogens with zero attached hydrogens (tertiary/aromatic N) is 6. The minimum absolute atomic E-state index is 0. The number of nitrogens with one attached hydrogen (secondary N) is 2. The first-order valence-corrected chi connectivity index (χ1v) is 19.3. The molecule has 12 nitrogen and oxygen atoms in total. The van der Waals surface area contributed by atoms with Crippen LogP contribution in [0.25, 0.3) is 32.2 Å². The second kappa shape index (κ2) is 38.9. The van der Waals surface area contributed by atoms with E-state index in [1.165, 1.54) is 28.8 Å². The molecular weight excluding hydrogens is 851 g/mol. The average molecular weight is 910 g/mol. The van der Waals surface area contributed by atoms with Gasteiger partial charge >= 0.3 is 0 Å². The summed E-state index contributed by atoms with van der Waals surface area (Å²) in [6.45, 7) is 23.5. The molecule has 17 heteroatoms. The highest BCUT2D eigenvalue weighted by atomic mass is 127. The van der Waals surface area contributed by atoms with Crippen LogP contribution in [0, 0.1) is 13.1 Å².